The lowest BCUT2D eigenvalue weighted by Gasteiger charge is -2.32. The van der Waals surface area contributed by atoms with Crippen molar-refractivity contribution < 1.29 is 18.1 Å². The summed E-state index contributed by atoms with van der Waals surface area (Å²) in [4.78, 5) is 12.6. The molecule has 2 aliphatic heterocycles. The first-order valence-corrected chi connectivity index (χ1v) is 9.55. The van der Waals surface area contributed by atoms with Gasteiger partial charge in [-0.15, -0.1) is 0 Å². The van der Waals surface area contributed by atoms with E-state index in [0.717, 1.165) is 32.4 Å². The Balaban J connectivity index is 2.04. The molecule has 0 saturated carbocycles. The molecule has 8 nitrogen and oxygen atoms in total. The van der Waals surface area contributed by atoms with Crippen molar-refractivity contribution >= 4 is 21.4 Å². The number of morpholine rings is 1. The first-order valence-electron chi connectivity index (χ1n) is 8.11. The standard InChI is InChI=1S/C15H21N3O5S/c19-18(20)13-4-5-14(16-6-2-1-3-7-16)15(12-13)24(21,22)17-8-10-23-11-9-17/h4-5,12H,1-3,6-11H2. The molecule has 1 aromatic carbocycles. The molecule has 24 heavy (non-hydrogen) atoms. The summed E-state index contributed by atoms with van der Waals surface area (Å²) in [5.41, 5.74) is 0.356. The molecule has 2 saturated heterocycles. The Morgan fingerprint density at radius 2 is 1.71 bits per heavy atom. The minimum Gasteiger partial charge on any atom is -0.379 e. The lowest BCUT2D eigenvalue weighted by atomic mass is 10.1. The molecule has 132 valence electrons. The van der Waals surface area contributed by atoms with Crippen molar-refractivity contribution in [1.29, 1.82) is 0 Å². The third-order valence-electron chi connectivity index (χ3n) is 4.44. The lowest BCUT2D eigenvalue weighted by Crippen LogP contribution is -2.41. The Morgan fingerprint density at radius 3 is 2.33 bits per heavy atom. The van der Waals surface area contributed by atoms with Gasteiger partial charge in [0.05, 0.1) is 23.8 Å². The predicted octanol–water partition coefficient (Wildman–Crippen LogP) is 1.61. The summed E-state index contributed by atoms with van der Waals surface area (Å²) in [5.74, 6) is 0. The molecule has 3 rings (SSSR count). The Morgan fingerprint density at radius 1 is 1.04 bits per heavy atom. The van der Waals surface area contributed by atoms with Gasteiger partial charge in [-0.1, -0.05) is 0 Å². The van der Waals surface area contributed by atoms with Crippen LogP contribution in [0.3, 0.4) is 0 Å². The van der Waals surface area contributed by atoms with Crippen molar-refractivity contribution in [2.75, 3.05) is 44.3 Å². The highest BCUT2D eigenvalue weighted by atomic mass is 32.2. The first-order chi connectivity index (χ1) is 11.5. The highest BCUT2D eigenvalue weighted by molar-refractivity contribution is 7.89. The first kappa shape index (κ1) is 17.1. The van der Waals surface area contributed by atoms with E-state index in [9.17, 15) is 18.5 Å². The average molecular weight is 355 g/mol. The number of benzene rings is 1. The van der Waals surface area contributed by atoms with Crippen molar-refractivity contribution in [2.24, 2.45) is 0 Å². The van der Waals surface area contributed by atoms with E-state index >= 15 is 0 Å². The maximum atomic E-state index is 13.0. The average Bonchev–Trinajstić information content (AvgIpc) is 2.62. The molecule has 9 heteroatoms. The number of sulfonamides is 1. The molecule has 1 aromatic rings. The van der Waals surface area contributed by atoms with E-state index in [0.29, 0.717) is 18.9 Å². The molecule has 0 aliphatic carbocycles. The van der Waals surface area contributed by atoms with E-state index in [4.69, 9.17) is 4.74 Å². The highest BCUT2D eigenvalue weighted by Gasteiger charge is 2.32. The van der Waals surface area contributed by atoms with Crippen molar-refractivity contribution in [2.45, 2.75) is 24.2 Å². The lowest BCUT2D eigenvalue weighted by molar-refractivity contribution is -0.385. The molecule has 0 aromatic heterocycles. The Hall–Kier alpha value is -1.71. The summed E-state index contributed by atoms with van der Waals surface area (Å²) in [6, 6.07) is 4.13. The molecule has 0 spiro atoms. The zero-order chi connectivity index (χ0) is 17.2. The van der Waals surface area contributed by atoms with E-state index in [1.165, 1.54) is 16.4 Å². The molecule has 0 unspecified atom stereocenters. The number of ether oxygens (including phenoxy) is 1. The van der Waals surface area contributed by atoms with Crippen LogP contribution >= 0.6 is 0 Å². The van der Waals surface area contributed by atoms with Gasteiger partial charge in [-0.2, -0.15) is 4.31 Å². The number of anilines is 1. The Labute approximate surface area is 141 Å². The van der Waals surface area contributed by atoms with Crippen LogP contribution in [0.5, 0.6) is 0 Å². The van der Waals surface area contributed by atoms with Crippen molar-refractivity contribution in [3.8, 4) is 0 Å². The second-order valence-corrected chi connectivity index (χ2v) is 7.88. The third-order valence-corrected chi connectivity index (χ3v) is 6.37. The maximum absolute atomic E-state index is 13.0. The molecular formula is C15H21N3O5S. The van der Waals surface area contributed by atoms with Gasteiger partial charge in [-0.25, -0.2) is 8.42 Å². The van der Waals surface area contributed by atoms with E-state index in [1.54, 1.807) is 6.07 Å². The van der Waals surface area contributed by atoms with Crippen LogP contribution in [0.4, 0.5) is 11.4 Å². The number of nitrogens with zero attached hydrogens (tertiary/aromatic N) is 3. The van der Waals surface area contributed by atoms with Gasteiger partial charge in [0.15, 0.2) is 0 Å². The fraction of sp³-hybridized carbons (Fsp3) is 0.600. The SMILES string of the molecule is O=[N+]([O-])c1ccc(N2CCCCC2)c(S(=O)(=O)N2CCOCC2)c1. The predicted molar refractivity (Wildman–Crippen MR) is 88.7 cm³/mol. The molecule has 2 fully saturated rings. The summed E-state index contributed by atoms with van der Waals surface area (Å²) in [5, 5.41) is 11.1. The van der Waals surface area contributed by atoms with Crippen molar-refractivity contribution in [3.05, 3.63) is 28.3 Å². The smallest absolute Gasteiger partial charge is 0.270 e. The molecule has 0 atom stereocenters. The second kappa shape index (κ2) is 7.04. The summed E-state index contributed by atoms with van der Waals surface area (Å²) in [6.45, 7) is 2.75. The summed E-state index contributed by atoms with van der Waals surface area (Å²) >= 11 is 0. The van der Waals surface area contributed by atoms with Crippen LogP contribution in [-0.4, -0.2) is 57.0 Å². The fourth-order valence-electron chi connectivity index (χ4n) is 3.15. The van der Waals surface area contributed by atoms with Crippen LogP contribution in [0, 0.1) is 10.1 Å². The van der Waals surface area contributed by atoms with E-state index in [1.807, 2.05) is 4.90 Å². The molecular weight excluding hydrogens is 334 g/mol. The van der Waals surface area contributed by atoms with E-state index in [-0.39, 0.29) is 23.7 Å². The van der Waals surface area contributed by atoms with Crippen LogP contribution < -0.4 is 4.90 Å². The Kier molecular flexibility index (Phi) is 5.02. The van der Waals surface area contributed by atoms with Crippen LogP contribution in [0.25, 0.3) is 0 Å². The minimum absolute atomic E-state index is 0.0282. The number of nitro benzene ring substituents is 1. The number of hydrogen-bond acceptors (Lipinski definition) is 6. The van der Waals surface area contributed by atoms with Gasteiger partial charge in [0, 0.05) is 38.3 Å². The number of nitro groups is 1. The largest absolute Gasteiger partial charge is 0.379 e. The van der Waals surface area contributed by atoms with Crippen molar-refractivity contribution in [1.82, 2.24) is 4.31 Å². The van der Waals surface area contributed by atoms with Crippen LogP contribution in [0.15, 0.2) is 23.1 Å². The monoisotopic (exact) mass is 355 g/mol. The Bertz CT molecular complexity index is 710. The van der Waals surface area contributed by atoms with Gasteiger partial charge >= 0.3 is 0 Å². The molecule has 2 heterocycles. The van der Waals surface area contributed by atoms with Gasteiger partial charge in [-0.05, 0) is 25.3 Å². The summed E-state index contributed by atoms with van der Waals surface area (Å²) < 4.78 is 32.7. The molecule has 2 aliphatic rings. The number of rotatable bonds is 4. The summed E-state index contributed by atoms with van der Waals surface area (Å²) in [7, 11) is -3.79. The van der Waals surface area contributed by atoms with Gasteiger partial charge in [0.1, 0.15) is 4.90 Å². The number of non-ortho nitro benzene ring substituents is 1. The van der Waals surface area contributed by atoms with Crippen LogP contribution in [0.1, 0.15) is 19.3 Å². The highest BCUT2D eigenvalue weighted by Crippen LogP contribution is 2.33. The topological polar surface area (TPSA) is 93.0 Å². The normalized spacial score (nSPS) is 20.1. The van der Waals surface area contributed by atoms with Crippen LogP contribution in [-0.2, 0) is 14.8 Å². The summed E-state index contributed by atoms with van der Waals surface area (Å²) in [6.07, 6.45) is 3.11. The third kappa shape index (κ3) is 3.38. The van der Waals surface area contributed by atoms with Gasteiger partial charge in [-0.3, -0.25) is 10.1 Å². The second-order valence-electron chi connectivity index (χ2n) is 5.97. The van der Waals surface area contributed by atoms with Crippen LogP contribution in [0.2, 0.25) is 0 Å². The molecule has 0 N–H and O–H groups in total. The quantitative estimate of drug-likeness (QED) is 0.602. The number of piperidine rings is 1. The van der Waals surface area contributed by atoms with Crippen molar-refractivity contribution in [3.63, 3.8) is 0 Å². The molecule has 0 bridgehead atoms. The van der Waals surface area contributed by atoms with E-state index < -0.39 is 14.9 Å². The molecule has 0 radical (unpaired) electrons. The number of hydrogen-bond donors (Lipinski definition) is 0. The zero-order valence-electron chi connectivity index (χ0n) is 13.4. The fourth-order valence-corrected chi connectivity index (χ4v) is 4.78. The van der Waals surface area contributed by atoms with Gasteiger partial charge < -0.3 is 9.64 Å². The van der Waals surface area contributed by atoms with Gasteiger partial charge in [0.2, 0.25) is 10.0 Å². The molecule has 0 amide bonds. The maximum Gasteiger partial charge on any atom is 0.270 e. The van der Waals surface area contributed by atoms with Gasteiger partial charge in [0.25, 0.3) is 5.69 Å². The zero-order valence-corrected chi connectivity index (χ0v) is 14.2. The minimum atomic E-state index is -3.79. The van der Waals surface area contributed by atoms with E-state index in [2.05, 4.69) is 0 Å².